The lowest BCUT2D eigenvalue weighted by Gasteiger charge is -2.07. The first-order chi connectivity index (χ1) is 17.7. The van der Waals surface area contributed by atoms with Crippen molar-refractivity contribution in [3.8, 4) is 6.07 Å². The molecule has 2 aromatic carbocycles. The van der Waals surface area contributed by atoms with Crippen LogP contribution in [-0.4, -0.2) is 23.1 Å². The lowest BCUT2D eigenvalue weighted by atomic mass is 10.1. The fourth-order valence-corrected chi connectivity index (χ4v) is 5.36. The Morgan fingerprint density at radius 1 is 1.16 bits per heavy atom. The number of amides is 1. The van der Waals surface area contributed by atoms with Gasteiger partial charge in [-0.15, -0.1) is 11.3 Å². The number of carbonyl (C=O) groups is 2. The number of rotatable bonds is 7. The van der Waals surface area contributed by atoms with Crippen LogP contribution in [0.15, 0.2) is 54.2 Å². The van der Waals surface area contributed by atoms with Gasteiger partial charge in [-0.3, -0.25) is 4.79 Å². The van der Waals surface area contributed by atoms with Crippen LogP contribution in [0.2, 0.25) is 10.0 Å². The number of hydrogen-bond donors (Lipinski definition) is 1. The Bertz CT molecular complexity index is 1590. The minimum Gasteiger partial charge on any atom is -0.462 e. The van der Waals surface area contributed by atoms with Gasteiger partial charge in [0.15, 0.2) is 0 Å². The summed E-state index contributed by atoms with van der Waals surface area (Å²) in [5.41, 5.74) is 3.58. The molecule has 2 heterocycles. The van der Waals surface area contributed by atoms with Crippen molar-refractivity contribution in [2.45, 2.75) is 27.3 Å². The number of halogens is 2. The van der Waals surface area contributed by atoms with Crippen LogP contribution >= 0.6 is 34.5 Å². The Balaban J connectivity index is 1.68. The Kier molecular flexibility index (Phi) is 8.03. The highest BCUT2D eigenvalue weighted by atomic mass is 35.5. The number of nitrogens with zero attached hydrogens (tertiary/aromatic N) is 2. The fourth-order valence-electron chi connectivity index (χ4n) is 3.99. The summed E-state index contributed by atoms with van der Waals surface area (Å²) in [4.78, 5) is 26.5. The van der Waals surface area contributed by atoms with Gasteiger partial charge in [-0.05, 0) is 56.2 Å². The molecule has 0 radical (unpaired) electrons. The summed E-state index contributed by atoms with van der Waals surface area (Å²) in [5.74, 6) is -1.11. The van der Waals surface area contributed by atoms with Crippen LogP contribution in [0.4, 0.5) is 5.00 Å². The third-order valence-electron chi connectivity index (χ3n) is 5.91. The molecule has 0 spiro atoms. The molecule has 0 fully saturated rings. The third kappa shape index (κ3) is 5.57. The summed E-state index contributed by atoms with van der Waals surface area (Å²) >= 11 is 13.5. The highest BCUT2D eigenvalue weighted by Gasteiger charge is 2.23. The van der Waals surface area contributed by atoms with E-state index in [1.807, 2.05) is 60.2 Å². The fraction of sp³-hybridized carbons (Fsp3) is 0.179. The molecule has 0 saturated carbocycles. The number of hydrogen-bond acceptors (Lipinski definition) is 5. The SMILES string of the molecule is CCOC(=O)c1c(NC(=O)/C(C#N)=C/c2cn(Cc3ccc(Cl)c(Cl)c3)c3ccccc23)sc(C)c1C. The second-order valence-electron chi connectivity index (χ2n) is 8.31. The summed E-state index contributed by atoms with van der Waals surface area (Å²) in [6, 6.07) is 15.2. The minimum absolute atomic E-state index is 0.0871. The van der Waals surface area contributed by atoms with E-state index < -0.39 is 11.9 Å². The van der Waals surface area contributed by atoms with Gasteiger partial charge in [-0.1, -0.05) is 47.5 Å². The molecule has 9 heteroatoms. The zero-order valence-corrected chi connectivity index (χ0v) is 22.7. The van der Waals surface area contributed by atoms with E-state index in [4.69, 9.17) is 27.9 Å². The maximum Gasteiger partial charge on any atom is 0.341 e. The Morgan fingerprint density at radius 3 is 2.62 bits per heavy atom. The topological polar surface area (TPSA) is 84.1 Å². The number of nitrogens with one attached hydrogen (secondary N) is 1. The van der Waals surface area contributed by atoms with Gasteiger partial charge in [0.1, 0.15) is 16.6 Å². The van der Waals surface area contributed by atoms with E-state index in [0.29, 0.717) is 32.7 Å². The van der Waals surface area contributed by atoms with Gasteiger partial charge in [0.2, 0.25) is 0 Å². The van der Waals surface area contributed by atoms with Crippen LogP contribution in [0, 0.1) is 25.2 Å². The van der Waals surface area contributed by atoms with E-state index in [-0.39, 0.29) is 12.2 Å². The number of ether oxygens (including phenoxy) is 1. The van der Waals surface area contributed by atoms with Crippen LogP contribution in [0.25, 0.3) is 17.0 Å². The molecule has 1 N–H and O–H groups in total. The minimum atomic E-state index is -0.601. The molecule has 4 rings (SSSR count). The van der Waals surface area contributed by atoms with Gasteiger partial charge in [0.25, 0.3) is 5.91 Å². The van der Waals surface area contributed by atoms with E-state index in [1.165, 1.54) is 11.3 Å². The molecule has 0 atom stereocenters. The molecule has 2 aromatic heterocycles. The van der Waals surface area contributed by atoms with Gasteiger partial charge in [0, 0.05) is 34.1 Å². The first-order valence-electron chi connectivity index (χ1n) is 11.5. The largest absolute Gasteiger partial charge is 0.462 e. The van der Waals surface area contributed by atoms with E-state index in [2.05, 4.69) is 5.32 Å². The number of aryl methyl sites for hydroxylation is 1. The summed E-state index contributed by atoms with van der Waals surface area (Å²) in [5, 5.41) is 14.8. The van der Waals surface area contributed by atoms with Gasteiger partial charge >= 0.3 is 5.97 Å². The number of thiophene rings is 1. The molecule has 1 amide bonds. The van der Waals surface area contributed by atoms with E-state index >= 15 is 0 Å². The molecule has 0 aliphatic rings. The van der Waals surface area contributed by atoms with Crippen molar-refractivity contribution in [2.75, 3.05) is 11.9 Å². The van der Waals surface area contributed by atoms with Gasteiger partial charge in [0.05, 0.1) is 22.2 Å². The number of anilines is 1. The maximum absolute atomic E-state index is 13.1. The first-order valence-corrected chi connectivity index (χ1v) is 13.0. The van der Waals surface area contributed by atoms with Gasteiger partial charge in [-0.25, -0.2) is 4.79 Å². The van der Waals surface area contributed by atoms with Crippen molar-refractivity contribution in [3.05, 3.63) is 91.4 Å². The summed E-state index contributed by atoms with van der Waals surface area (Å²) in [6.45, 7) is 6.13. The normalized spacial score (nSPS) is 11.4. The van der Waals surface area contributed by atoms with Crippen LogP contribution in [-0.2, 0) is 16.1 Å². The standard InChI is InChI=1S/C28H23Cl2N3O3S/c1-4-36-28(35)25-16(2)17(3)37-27(25)32-26(34)19(13-31)12-20-15-33(24-8-6-5-7-21(20)24)14-18-9-10-22(29)23(30)11-18/h5-12,15H,4,14H2,1-3H3,(H,32,34)/b19-12+. The van der Waals surface area contributed by atoms with E-state index in [1.54, 1.807) is 26.0 Å². The third-order valence-corrected chi connectivity index (χ3v) is 7.77. The number of esters is 1. The summed E-state index contributed by atoms with van der Waals surface area (Å²) in [6.07, 6.45) is 3.45. The second-order valence-corrected chi connectivity index (χ2v) is 10.3. The molecule has 0 bridgehead atoms. The highest BCUT2D eigenvalue weighted by Crippen LogP contribution is 2.34. The Labute approximate surface area is 228 Å². The smallest absolute Gasteiger partial charge is 0.341 e. The average Bonchev–Trinajstić information content (AvgIpc) is 3.35. The summed E-state index contributed by atoms with van der Waals surface area (Å²) in [7, 11) is 0. The van der Waals surface area contributed by atoms with Crippen LogP contribution in [0.3, 0.4) is 0 Å². The lowest BCUT2D eigenvalue weighted by molar-refractivity contribution is -0.112. The van der Waals surface area contributed by atoms with Crippen LogP contribution < -0.4 is 5.32 Å². The number of fused-ring (bicyclic) bond motifs is 1. The molecule has 37 heavy (non-hydrogen) atoms. The number of benzene rings is 2. The molecule has 0 unspecified atom stereocenters. The van der Waals surface area contributed by atoms with Gasteiger partial charge in [-0.2, -0.15) is 5.26 Å². The predicted octanol–water partition coefficient (Wildman–Crippen LogP) is 7.40. The Hall–Kier alpha value is -3.57. The van der Waals surface area contributed by atoms with Crippen molar-refractivity contribution in [3.63, 3.8) is 0 Å². The van der Waals surface area contributed by atoms with Crippen molar-refractivity contribution in [2.24, 2.45) is 0 Å². The quantitative estimate of drug-likeness (QED) is 0.147. The average molecular weight is 552 g/mol. The number of para-hydroxylation sites is 1. The second kappa shape index (κ2) is 11.2. The predicted molar refractivity (Wildman–Crippen MR) is 149 cm³/mol. The molecule has 188 valence electrons. The van der Waals surface area contributed by atoms with E-state index in [0.717, 1.165) is 26.9 Å². The molecule has 0 saturated heterocycles. The number of aromatic nitrogens is 1. The number of carbonyl (C=O) groups excluding carboxylic acids is 2. The van der Waals surface area contributed by atoms with Gasteiger partial charge < -0.3 is 14.6 Å². The molecule has 4 aromatic rings. The lowest BCUT2D eigenvalue weighted by Crippen LogP contribution is -2.16. The summed E-state index contributed by atoms with van der Waals surface area (Å²) < 4.78 is 7.19. The molecule has 0 aliphatic heterocycles. The van der Waals surface area contributed by atoms with E-state index in [9.17, 15) is 14.9 Å². The van der Waals surface area contributed by atoms with Crippen LogP contribution in [0.1, 0.15) is 38.8 Å². The van der Waals surface area contributed by atoms with Crippen molar-refractivity contribution < 1.29 is 14.3 Å². The zero-order valence-electron chi connectivity index (χ0n) is 20.4. The van der Waals surface area contributed by atoms with Crippen LogP contribution in [0.5, 0.6) is 0 Å². The molecule has 6 nitrogen and oxygen atoms in total. The first kappa shape index (κ1) is 26.5. The molecular formula is C28H23Cl2N3O3S. The van der Waals surface area contributed by atoms with Crippen molar-refractivity contribution in [1.29, 1.82) is 5.26 Å². The highest BCUT2D eigenvalue weighted by molar-refractivity contribution is 7.16. The Morgan fingerprint density at radius 2 is 1.92 bits per heavy atom. The van der Waals surface area contributed by atoms with Crippen molar-refractivity contribution in [1.82, 2.24) is 4.57 Å². The molecule has 0 aliphatic carbocycles. The monoisotopic (exact) mass is 551 g/mol. The zero-order chi connectivity index (χ0) is 26.7. The van der Waals surface area contributed by atoms with Crippen molar-refractivity contribution >= 4 is 68.4 Å². The number of nitriles is 1. The molecular weight excluding hydrogens is 529 g/mol. The maximum atomic E-state index is 13.1.